The summed E-state index contributed by atoms with van der Waals surface area (Å²) in [5, 5.41) is 0. The standard InChI is InChI=1S/C12H22N2O2S/c1-4-14-13-10-7-9-5-6-12(10,11(9,2)3)8-17(14,15)16/h9-10,13H,4-8H2,1-3H3/t9-,10-,12-/m1/s1. The average Bonchev–Trinajstić information content (AvgIpc) is 2.58. The molecule has 0 unspecified atom stereocenters. The molecule has 98 valence electrons. The lowest BCUT2D eigenvalue weighted by molar-refractivity contribution is 0.0769. The van der Waals surface area contributed by atoms with Gasteiger partial charge in [0, 0.05) is 18.0 Å². The van der Waals surface area contributed by atoms with Gasteiger partial charge in [-0.25, -0.2) is 13.8 Å². The molecule has 1 aliphatic heterocycles. The van der Waals surface area contributed by atoms with Crippen molar-refractivity contribution >= 4 is 10.0 Å². The van der Waals surface area contributed by atoms with Gasteiger partial charge in [0.25, 0.3) is 0 Å². The molecular weight excluding hydrogens is 236 g/mol. The maximum atomic E-state index is 12.3. The Balaban J connectivity index is 2.04. The summed E-state index contributed by atoms with van der Waals surface area (Å²) in [4.78, 5) is 0. The zero-order chi connectivity index (χ0) is 12.5. The Morgan fingerprint density at radius 2 is 2.12 bits per heavy atom. The van der Waals surface area contributed by atoms with Crippen LogP contribution in [0.3, 0.4) is 0 Å². The second-order valence-corrected chi connectivity index (χ2v) is 8.35. The predicted octanol–water partition coefficient (Wildman–Crippen LogP) is 1.35. The molecule has 0 aromatic heterocycles. The molecule has 2 saturated carbocycles. The number of hydrogen-bond acceptors (Lipinski definition) is 3. The molecule has 2 bridgehead atoms. The molecule has 3 aliphatic rings. The summed E-state index contributed by atoms with van der Waals surface area (Å²) in [6.45, 7) is 6.95. The van der Waals surface area contributed by atoms with Crippen LogP contribution < -0.4 is 5.43 Å². The molecule has 1 saturated heterocycles. The van der Waals surface area contributed by atoms with Crippen molar-refractivity contribution < 1.29 is 8.42 Å². The van der Waals surface area contributed by atoms with Crippen LogP contribution in [0.25, 0.3) is 0 Å². The molecular formula is C12H22N2O2S. The van der Waals surface area contributed by atoms with Gasteiger partial charge in [-0.2, -0.15) is 0 Å². The molecule has 4 nitrogen and oxygen atoms in total. The number of rotatable bonds is 1. The van der Waals surface area contributed by atoms with Gasteiger partial charge in [0.05, 0.1) is 5.75 Å². The van der Waals surface area contributed by atoms with Gasteiger partial charge < -0.3 is 0 Å². The number of hydrogen-bond donors (Lipinski definition) is 1. The van der Waals surface area contributed by atoms with Crippen LogP contribution in [-0.4, -0.2) is 31.2 Å². The lowest BCUT2D eigenvalue weighted by Gasteiger charge is -2.48. The molecule has 0 radical (unpaired) electrons. The highest BCUT2D eigenvalue weighted by Gasteiger charge is 2.67. The van der Waals surface area contributed by atoms with Crippen molar-refractivity contribution in [1.82, 2.24) is 9.84 Å². The van der Waals surface area contributed by atoms with E-state index in [0.717, 1.165) is 12.8 Å². The van der Waals surface area contributed by atoms with Crippen molar-refractivity contribution in [1.29, 1.82) is 0 Å². The van der Waals surface area contributed by atoms with E-state index in [1.54, 1.807) is 0 Å². The molecule has 0 aromatic rings. The Labute approximate surface area is 104 Å². The number of fused-ring (bicyclic) bond motifs is 1. The fourth-order valence-electron chi connectivity index (χ4n) is 4.55. The molecule has 0 amide bonds. The van der Waals surface area contributed by atoms with Crippen LogP contribution in [0.15, 0.2) is 0 Å². The highest BCUT2D eigenvalue weighted by molar-refractivity contribution is 7.89. The van der Waals surface area contributed by atoms with Crippen molar-refractivity contribution in [3.8, 4) is 0 Å². The molecule has 17 heavy (non-hydrogen) atoms. The average molecular weight is 258 g/mol. The Hall–Kier alpha value is -0.130. The monoisotopic (exact) mass is 258 g/mol. The summed E-state index contributed by atoms with van der Waals surface area (Å²) in [7, 11) is -3.12. The SMILES string of the molecule is CCN1N[C@@H]2C[C@H]3CC[C@]2(CS1(=O)=O)C3(C)C. The maximum Gasteiger partial charge on any atom is 0.227 e. The number of sulfonamides is 1. The highest BCUT2D eigenvalue weighted by atomic mass is 32.2. The molecule has 0 aromatic carbocycles. The zero-order valence-electron chi connectivity index (χ0n) is 10.9. The lowest BCUT2D eigenvalue weighted by atomic mass is 9.69. The van der Waals surface area contributed by atoms with Gasteiger partial charge in [-0.15, -0.1) is 4.41 Å². The smallest absolute Gasteiger partial charge is 0.227 e. The fourth-order valence-corrected chi connectivity index (χ4v) is 6.75. The second-order valence-electron chi connectivity index (χ2n) is 6.45. The lowest BCUT2D eigenvalue weighted by Crippen LogP contribution is -2.63. The van der Waals surface area contributed by atoms with E-state index in [4.69, 9.17) is 0 Å². The second kappa shape index (κ2) is 3.25. The van der Waals surface area contributed by atoms with Crippen molar-refractivity contribution in [3.63, 3.8) is 0 Å². The first-order valence-corrected chi connectivity index (χ1v) is 8.21. The first-order chi connectivity index (χ1) is 7.83. The van der Waals surface area contributed by atoms with E-state index in [1.165, 1.54) is 10.8 Å². The van der Waals surface area contributed by atoms with E-state index in [2.05, 4.69) is 19.3 Å². The largest absolute Gasteiger partial charge is 0.238 e. The summed E-state index contributed by atoms with van der Waals surface area (Å²) < 4.78 is 26.0. The Kier molecular flexibility index (Phi) is 2.28. The van der Waals surface area contributed by atoms with E-state index in [0.29, 0.717) is 24.3 Å². The Morgan fingerprint density at radius 3 is 2.71 bits per heavy atom. The Bertz CT molecular complexity index is 445. The number of nitrogens with zero attached hydrogens (tertiary/aromatic N) is 1. The van der Waals surface area contributed by atoms with Crippen molar-refractivity contribution in [3.05, 3.63) is 0 Å². The molecule has 1 N–H and O–H groups in total. The Morgan fingerprint density at radius 1 is 1.41 bits per heavy atom. The summed E-state index contributed by atoms with van der Waals surface area (Å²) >= 11 is 0. The van der Waals surface area contributed by atoms with Crippen LogP contribution in [0.1, 0.15) is 40.0 Å². The molecule has 3 atom stereocenters. The minimum absolute atomic E-state index is 0.0256. The van der Waals surface area contributed by atoms with Crippen LogP contribution >= 0.6 is 0 Å². The maximum absolute atomic E-state index is 12.3. The quantitative estimate of drug-likeness (QED) is 0.772. The van der Waals surface area contributed by atoms with Gasteiger partial charge in [-0.05, 0) is 37.5 Å². The molecule has 2 aliphatic carbocycles. The van der Waals surface area contributed by atoms with E-state index >= 15 is 0 Å². The van der Waals surface area contributed by atoms with E-state index < -0.39 is 10.0 Å². The third-order valence-electron chi connectivity index (χ3n) is 5.79. The first kappa shape index (κ1) is 11.9. The molecule has 5 heteroatoms. The number of hydrazine groups is 1. The minimum Gasteiger partial charge on any atom is -0.238 e. The van der Waals surface area contributed by atoms with Crippen LogP contribution in [0.5, 0.6) is 0 Å². The highest BCUT2D eigenvalue weighted by Crippen LogP contribution is 2.67. The number of nitrogens with one attached hydrogen (secondary N) is 1. The summed E-state index contributed by atoms with van der Waals surface area (Å²) in [5.74, 6) is 1.03. The topological polar surface area (TPSA) is 49.4 Å². The van der Waals surface area contributed by atoms with Crippen LogP contribution in [0.2, 0.25) is 0 Å². The zero-order valence-corrected chi connectivity index (χ0v) is 11.7. The van der Waals surface area contributed by atoms with Gasteiger partial charge in [-0.3, -0.25) is 0 Å². The van der Waals surface area contributed by atoms with Gasteiger partial charge in [0.15, 0.2) is 0 Å². The normalized spacial score (nSPS) is 47.0. The molecule has 1 heterocycles. The summed E-state index contributed by atoms with van der Waals surface area (Å²) in [6, 6.07) is 0.361. The first-order valence-electron chi connectivity index (χ1n) is 6.60. The summed E-state index contributed by atoms with van der Waals surface area (Å²) in [6.07, 6.45) is 3.41. The van der Waals surface area contributed by atoms with Crippen LogP contribution in [-0.2, 0) is 10.0 Å². The van der Waals surface area contributed by atoms with Gasteiger partial charge >= 0.3 is 0 Å². The van der Waals surface area contributed by atoms with E-state index in [1.807, 2.05) is 6.92 Å². The van der Waals surface area contributed by atoms with Crippen molar-refractivity contribution in [2.45, 2.75) is 46.1 Å². The van der Waals surface area contributed by atoms with Gasteiger partial charge in [0.1, 0.15) is 0 Å². The molecule has 1 spiro atoms. The predicted molar refractivity (Wildman–Crippen MR) is 66.6 cm³/mol. The van der Waals surface area contributed by atoms with Crippen molar-refractivity contribution in [2.75, 3.05) is 12.3 Å². The third kappa shape index (κ3) is 1.28. The third-order valence-corrected chi connectivity index (χ3v) is 7.71. The van der Waals surface area contributed by atoms with Crippen LogP contribution in [0, 0.1) is 16.7 Å². The van der Waals surface area contributed by atoms with E-state index in [9.17, 15) is 8.42 Å². The minimum atomic E-state index is -3.12. The fraction of sp³-hybridized carbons (Fsp3) is 1.00. The van der Waals surface area contributed by atoms with Gasteiger partial charge in [0.2, 0.25) is 10.0 Å². The summed E-state index contributed by atoms with van der Waals surface area (Å²) in [5.41, 5.74) is 3.42. The van der Waals surface area contributed by atoms with E-state index in [-0.39, 0.29) is 10.8 Å². The van der Waals surface area contributed by atoms with Gasteiger partial charge in [-0.1, -0.05) is 13.8 Å². The van der Waals surface area contributed by atoms with Crippen molar-refractivity contribution in [2.24, 2.45) is 16.7 Å². The van der Waals surface area contributed by atoms with Crippen LogP contribution in [0.4, 0.5) is 0 Å². The molecule has 3 fully saturated rings. The molecule has 3 rings (SSSR count).